The van der Waals surface area contributed by atoms with Gasteiger partial charge in [-0.1, -0.05) is 17.7 Å². The van der Waals surface area contributed by atoms with Crippen molar-refractivity contribution < 1.29 is 14.6 Å². The number of rotatable bonds is 3. The Balaban J connectivity index is 2.90. The molecule has 1 N–H and O–H groups in total. The second-order valence-corrected chi connectivity index (χ2v) is 3.55. The fourth-order valence-electron chi connectivity index (χ4n) is 1.08. The number of carboxylic acid groups (broad SMARTS) is 1. The number of carbonyl (C=O) groups is 1. The number of ether oxygens (including phenoxy) is 1. The maximum absolute atomic E-state index is 10.8. The monoisotopic (exact) mass is 206 g/mol. The second-order valence-electron chi connectivity index (χ2n) is 3.55. The van der Waals surface area contributed by atoms with Crippen molar-refractivity contribution in [3.63, 3.8) is 0 Å². The van der Waals surface area contributed by atoms with Gasteiger partial charge in [-0.15, -0.1) is 0 Å². The normalized spacial score (nSPS) is 9.53. The summed E-state index contributed by atoms with van der Waals surface area (Å²) in [5.74, 6) is -0.520. The largest absolute Gasteiger partial charge is 0.475 e. The second kappa shape index (κ2) is 4.64. The molecule has 0 amide bonds. The molecule has 3 nitrogen and oxygen atoms in total. The average Bonchev–Trinajstić information content (AvgIpc) is 2.15. The molecule has 0 saturated carbocycles. The Morgan fingerprint density at radius 3 is 2.13 bits per heavy atom. The Morgan fingerprint density at radius 2 is 1.73 bits per heavy atom. The zero-order valence-electron chi connectivity index (χ0n) is 9.07. The van der Waals surface area contributed by atoms with Crippen LogP contribution in [-0.4, -0.2) is 11.1 Å². The zero-order chi connectivity index (χ0) is 11.4. The van der Waals surface area contributed by atoms with Gasteiger partial charge in [0.1, 0.15) is 5.75 Å². The molecule has 0 saturated heterocycles. The van der Waals surface area contributed by atoms with E-state index in [1.165, 1.54) is 0 Å². The van der Waals surface area contributed by atoms with Crippen LogP contribution in [0.1, 0.15) is 19.4 Å². The summed E-state index contributed by atoms with van der Waals surface area (Å²) in [6.07, 6.45) is 0. The minimum Gasteiger partial charge on any atom is -0.475 e. The maximum Gasteiger partial charge on any atom is 0.371 e. The summed E-state index contributed by atoms with van der Waals surface area (Å²) in [5.41, 5.74) is 1.75. The van der Waals surface area contributed by atoms with Crippen molar-refractivity contribution in [2.24, 2.45) is 0 Å². The van der Waals surface area contributed by atoms with E-state index in [1.807, 2.05) is 19.1 Å². The van der Waals surface area contributed by atoms with Gasteiger partial charge < -0.3 is 9.84 Å². The van der Waals surface area contributed by atoms with Crippen molar-refractivity contribution in [2.45, 2.75) is 20.8 Å². The van der Waals surface area contributed by atoms with Crippen molar-refractivity contribution >= 4 is 5.97 Å². The van der Waals surface area contributed by atoms with Gasteiger partial charge in [-0.05, 0) is 38.5 Å². The van der Waals surface area contributed by atoms with E-state index in [1.54, 1.807) is 26.0 Å². The molecule has 0 atom stereocenters. The van der Waals surface area contributed by atoms with Crippen LogP contribution in [0.4, 0.5) is 0 Å². The van der Waals surface area contributed by atoms with E-state index in [4.69, 9.17) is 9.84 Å². The number of hydrogen-bond donors (Lipinski definition) is 1. The molecule has 0 bridgehead atoms. The Hall–Kier alpha value is -1.77. The molecule has 1 aromatic rings. The van der Waals surface area contributed by atoms with Gasteiger partial charge in [0.25, 0.3) is 0 Å². The summed E-state index contributed by atoms with van der Waals surface area (Å²) in [4.78, 5) is 10.8. The highest BCUT2D eigenvalue weighted by atomic mass is 16.5. The van der Waals surface area contributed by atoms with E-state index in [-0.39, 0.29) is 5.76 Å². The van der Waals surface area contributed by atoms with Crippen LogP contribution >= 0.6 is 0 Å². The van der Waals surface area contributed by atoms with Gasteiger partial charge >= 0.3 is 5.97 Å². The van der Waals surface area contributed by atoms with E-state index in [0.29, 0.717) is 11.3 Å². The summed E-state index contributed by atoms with van der Waals surface area (Å²) in [6, 6.07) is 7.25. The lowest BCUT2D eigenvalue weighted by molar-refractivity contribution is -0.135. The lowest BCUT2D eigenvalue weighted by atomic mass is 10.2. The lowest BCUT2D eigenvalue weighted by Crippen LogP contribution is -2.09. The maximum atomic E-state index is 10.8. The quantitative estimate of drug-likeness (QED) is 0.611. The summed E-state index contributed by atoms with van der Waals surface area (Å²) < 4.78 is 5.27. The number of aliphatic carboxylic acids is 1. The highest BCUT2D eigenvalue weighted by molar-refractivity contribution is 5.85. The number of aryl methyl sites for hydroxylation is 1. The number of benzene rings is 1. The van der Waals surface area contributed by atoms with Crippen LogP contribution in [0.15, 0.2) is 35.6 Å². The highest BCUT2D eigenvalue weighted by Crippen LogP contribution is 2.16. The Morgan fingerprint density at radius 1 is 1.20 bits per heavy atom. The highest BCUT2D eigenvalue weighted by Gasteiger charge is 2.11. The molecular weight excluding hydrogens is 192 g/mol. The molecule has 0 aliphatic heterocycles. The Kier molecular flexibility index (Phi) is 3.50. The summed E-state index contributed by atoms with van der Waals surface area (Å²) in [7, 11) is 0. The third-order valence-electron chi connectivity index (χ3n) is 1.89. The molecule has 0 heterocycles. The van der Waals surface area contributed by atoms with Crippen LogP contribution in [0.2, 0.25) is 0 Å². The molecule has 0 aliphatic carbocycles. The number of hydrogen-bond acceptors (Lipinski definition) is 2. The van der Waals surface area contributed by atoms with Crippen LogP contribution < -0.4 is 4.74 Å². The summed E-state index contributed by atoms with van der Waals surface area (Å²) in [5, 5.41) is 8.88. The smallest absolute Gasteiger partial charge is 0.371 e. The van der Waals surface area contributed by atoms with Gasteiger partial charge in [-0.2, -0.15) is 0 Å². The first-order valence-electron chi connectivity index (χ1n) is 4.66. The van der Waals surface area contributed by atoms with Crippen molar-refractivity contribution in [1.82, 2.24) is 0 Å². The molecular formula is C12H14O3. The first-order chi connectivity index (χ1) is 7.00. The van der Waals surface area contributed by atoms with E-state index in [0.717, 1.165) is 5.56 Å². The predicted molar refractivity (Wildman–Crippen MR) is 57.8 cm³/mol. The van der Waals surface area contributed by atoms with Crippen LogP contribution in [0.3, 0.4) is 0 Å². The van der Waals surface area contributed by atoms with E-state index < -0.39 is 5.97 Å². The molecule has 0 unspecified atom stereocenters. The van der Waals surface area contributed by atoms with Crippen molar-refractivity contribution in [3.8, 4) is 5.75 Å². The molecule has 0 aromatic heterocycles. The van der Waals surface area contributed by atoms with Gasteiger partial charge in [0.15, 0.2) is 0 Å². The third-order valence-corrected chi connectivity index (χ3v) is 1.89. The van der Waals surface area contributed by atoms with Gasteiger partial charge in [0.2, 0.25) is 5.76 Å². The molecule has 0 fully saturated rings. The molecule has 0 aliphatic rings. The van der Waals surface area contributed by atoms with E-state index in [2.05, 4.69) is 0 Å². The van der Waals surface area contributed by atoms with Crippen LogP contribution in [0, 0.1) is 6.92 Å². The summed E-state index contributed by atoms with van der Waals surface area (Å²) in [6.45, 7) is 5.37. The van der Waals surface area contributed by atoms with E-state index >= 15 is 0 Å². The SMILES string of the molecule is CC(C)=C(Oc1ccc(C)cc1)C(=O)O. The Labute approximate surface area is 89.0 Å². The molecule has 15 heavy (non-hydrogen) atoms. The van der Waals surface area contributed by atoms with Gasteiger partial charge in [0.05, 0.1) is 0 Å². The fraction of sp³-hybridized carbons (Fsp3) is 0.250. The Bertz CT molecular complexity index is 384. The average molecular weight is 206 g/mol. The van der Waals surface area contributed by atoms with Gasteiger partial charge in [-0.25, -0.2) is 4.79 Å². The van der Waals surface area contributed by atoms with Crippen molar-refractivity contribution in [3.05, 3.63) is 41.2 Å². The molecule has 1 rings (SSSR count). The standard InChI is InChI=1S/C12H14O3/c1-8(2)11(12(13)14)15-10-6-4-9(3)5-7-10/h4-7H,1-3H3,(H,13,14). The first kappa shape index (κ1) is 11.3. The van der Waals surface area contributed by atoms with Crippen molar-refractivity contribution in [1.29, 1.82) is 0 Å². The number of allylic oxidation sites excluding steroid dienone is 1. The predicted octanol–water partition coefficient (Wildman–Crippen LogP) is 2.75. The molecule has 1 aromatic carbocycles. The molecule has 0 spiro atoms. The lowest BCUT2D eigenvalue weighted by Gasteiger charge is -2.07. The van der Waals surface area contributed by atoms with Crippen LogP contribution in [0.5, 0.6) is 5.75 Å². The van der Waals surface area contributed by atoms with Crippen LogP contribution in [0.25, 0.3) is 0 Å². The third kappa shape index (κ3) is 3.13. The van der Waals surface area contributed by atoms with Crippen LogP contribution in [-0.2, 0) is 4.79 Å². The van der Waals surface area contributed by atoms with Gasteiger partial charge in [0, 0.05) is 0 Å². The fourth-order valence-corrected chi connectivity index (χ4v) is 1.08. The molecule has 3 heteroatoms. The van der Waals surface area contributed by atoms with Crippen molar-refractivity contribution in [2.75, 3.05) is 0 Å². The number of carboxylic acids is 1. The minimum atomic E-state index is -1.05. The summed E-state index contributed by atoms with van der Waals surface area (Å²) >= 11 is 0. The first-order valence-corrected chi connectivity index (χ1v) is 4.66. The molecule has 0 radical (unpaired) electrons. The minimum absolute atomic E-state index is 0.0150. The topological polar surface area (TPSA) is 46.5 Å². The van der Waals surface area contributed by atoms with E-state index in [9.17, 15) is 4.79 Å². The molecule has 80 valence electrons. The van der Waals surface area contributed by atoms with Gasteiger partial charge in [-0.3, -0.25) is 0 Å². The zero-order valence-corrected chi connectivity index (χ0v) is 9.07.